The van der Waals surface area contributed by atoms with Crippen molar-refractivity contribution in [3.63, 3.8) is 0 Å². The van der Waals surface area contributed by atoms with Crippen molar-refractivity contribution in [1.82, 2.24) is 18.3 Å². The number of rotatable bonds is 5. The minimum absolute atomic E-state index is 0.144. The highest BCUT2D eigenvalue weighted by molar-refractivity contribution is 6.29. The summed E-state index contributed by atoms with van der Waals surface area (Å²) in [6, 6.07) is 92.4. The van der Waals surface area contributed by atoms with Gasteiger partial charge in [-0.2, -0.15) is 21.0 Å². The Morgan fingerprint density at radius 3 is 1.09 bits per heavy atom. The topological polar surface area (TPSA) is 115 Å². The highest BCUT2D eigenvalue weighted by Gasteiger charge is 2.27. The smallest absolute Gasteiger partial charge is 0.103 e. The lowest BCUT2D eigenvalue weighted by Crippen LogP contribution is -2.10. The molecule has 0 aliphatic heterocycles. The third-order valence-electron chi connectivity index (χ3n) is 18.5. The van der Waals surface area contributed by atoms with Gasteiger partial charge in [0, 0.05) is 43.1 Å². The number of nitrogens with zero attached hydrogens (tertiary/aromatic N) is 8. The van der Waals surface area contributed by atoms with Gasteiger partial charge in [0.1, 0.15) is 24.3 Å². The number of fused-ring (bicyclic) bond motifs is 18. The fraction of sp³-hybridized carbons (Fsp3) is 0.0500. The highest BCUT2D eigenvalue weighted by atomic mass is 15.0. The molecule has 0 unspecified atom stereocenters. The molecule has 8 heteroatoms. The van der Waals surface area contributed by atoms with Crippen LogP contribution in [0.1, 0.15) is 48.6 Å². The summed E-state index contributed by atoms with van der Waals surface area (Å²) in [4.78, 5) is 0. The van der Waals surface area contributed by atoms with E-state index in [2.05, 4.69) is 239 Å². The second-order valence-electron chi connectivity index (χ2n) is 24.0. The molecule has 4 aromatic heterocycles. The van der Waals surface area contributed by atoms with Gasteiger partial charge in [-0.15, -0.1) is 0 Å². The van der Waals surface area contributed by atoms with Crippen LogP contribution in [0, 0.1) is 45.3 Å². The van der Waals surface area contributed by atoms with Gasteiger partial charge in [-0.05, 0) is 145 Å². The lowest BCUT2D eigenvalue weighted by molar-refractivity contribution is 0.591. The molecule has 0 aliphatic carbocycles. The molecule has 0 spiro atoms. The summed E-state index contributed by atoms with van der Waals surface area (Å²) in [5, 5.41) is 60.1. The molecule has 13 aromatic carbocycles. The zero-order valence-electron chi connectivity index (χ0n) is 48.1. The molecular formula is C80H48N8. The van der Waals surface area contributed by atoms with E-state index in [0.717, 1.165) is 131 Å². The van der Waals surface area contributed by atoms with Crippen LogP contribution in [0.2, 0.25) is 0 Å². The van der Waals surface area contributed by atoms with E-state index in [1.165, 1.54) is 5.56 Å². The molecule has 0 atom stereocenters. The summed E-state index contributed by atoms with van der Waals surface area (Å²) in [6.07, 6.45) is 0. The molecule has 0 bridgehead atoms. The third kappa shape index (κ3) is 6.98. The van der Waals surface area contributed by atoms with E-state index in [1.54, 1.807) is 0 Å². The SMILES string of the molecule is CC(C)(C)c1ccc2c(c1)c1c3ccc(-c4ccc5c(c4)c4ccccc4n5-c4ccc(-n5c6ccc7ccccc7c6c6c7ccccc7ccc65)c(C#N)c4C#N)cc3ccc1n2-c1ccc(-n2c3ccccc3c3ccccc32)c(C#N)c1C#N. The fourth-order valence-electron chi connectivity index (χ4n) is 14.5. The van der Waals surface area contributed by atoms with Crippen LogP contribution in [0.5, 0.6) is 0 Å². The molecule has 17 rings (SSSR count). The summed E-state index contributed by atoms with van der Waals surface area (Å²) in [5.74, 6) is 0. The monoisotopic (exact) mass is 1120 g/mol. The lowest BCUT2D eigenvalue weighted by Gasteiger charge is -2.19. The Morgan fingerprint density at radius 2 is 0.602 bits per heavy atom. The fourth-order valence-corrected chi connectivity index (χ4v) is 14.5. The molecule has 0 fully saturated rings. The predicted octanol–water partition coefficient (Wildman–Crippen LogP) is 20.0. The second kappa shape index (κ2) is 18.6. The number of nitriles is 4. The molecule has 17 aromatic rings. The van der Waals surface area contributed by atoms with E-state index in [-0.39, 0.29) is 5.41 Å². The van der Waals surface area contributed by atoms with Crippen molar-refractivity contribution < 1.29 is 0 Å². The number of hydrogen-bond acceptors (Lipinski definition) is 4. The normalized spacial score (nSPS) is 12.0. The first-order chi connectivity index (χ1) is 43.1. The number of para-hydroxylation sites is 3. The van der Waals surface area contributed by atoms with Crippen molar-refractivity contribution in [3.8, 4) is 58.2 Å². The molecule has 8 nitrogen and oxygen atoms in total. The molecule has 0 saturated carbocycles. The van der Waals surface area contributed by atoms with E-state index in [4.69, 9.17) is 0 Å². The minimum Gasteiger partial charge on any atom is -0.308 e. The maximum absolute atomic E-state index is 11.3. The largest absolute Gasteiger partial charge is 0.308 e. The summed E-state index contributed by atoms with van der Waals surface area (Å²) in [6.45, 7) is 6.68. The van der Waals surface area contributed by atoms with Crippen LogP contribution in [-0.4, -0.2) is 18.3 Å². The summed E-state index contributed by atoms with van der Waals surface area (Å²) >= 11 is 0. The zero-order chi connectivity index (χ0) is 59.3. The third-order valence-corrected chi connectivity index (χ3v) is 18.5. The van der Waals surface area contributed by atoms with Crippen LogP contribution in [0.25, 0.3) is 153 Å². The van der Waals surface area contributed by atoms with Crippen molar-refractivity contribution in [2.24, 2.45) is 0 Å². The van der Waals surface area contributed by atoms with E-state index in [1.807, 2.05) is 60.7 Å². The van der Waals surface area contributed by atoms with Gasteiger partial charge < -0.3 is 18.3 Å². The van der Waals surface area contributed by atoms with Gasteiger partial charge in [0.05, 0.1) is 89.1 Å². The van der Waals surface area contributed by atoms with Crippen molar-refractivity contribution in [2.75, 3.05) is 0 Å². The Morgan fingerprint density at radius 1 is 0.261 bits per heavy atom. The second-order valence-corrected chi connectivity index (χ2v) is 24.0. The maximum Gasteiger partial charge on any atom is 0.103 e. The van der Waals surface area contributed by atoms with E-state index in [9.17, 15) is 21.0 Å². The van der Waals surface area contributed by atoms with E-state index < -0.39 is 0 Å². The Balaban J connectivity index is 0.817. The van der Waals surface area contributed by atoms with Gasteiger partial charge >= 0.3 is 0 Å². The molecule has 408 valence electrons. The van der Waals surface area contributed by atoms with Crippen LogP contribution >= 0.6 is 0 Å². The lowest BCUT2D eigenvalue weighted by atomic mass is 9.86. The Hall–Kier alpha value is -12.2. The quantitative estimate of drug-likeness (QED) is 0.171. The first-order valence-corrected chi connectivity index (χ1v) is 29.5. The number of aromatic nitrogens is 4. The summed E-state index contributed by atoms with van der Waals surface area (Å²) < 4.78 is 8.59. The van der Waals surface area contributed by atoms with Gasteiger partial charge in [0.2, 0.25) is 0 Å². The zero-order valence-corrected chi connectivity index (χ0v) is 48.1. The van der Waals surface area contributed by atoms with Gasteiger partial charge in [-0.3, -0.25) is 0 Å². The molecule has 0 N–H and O–H groups in total. The summed E-state index contributed by atoms with van der Waals surface area (Å²) in [7, 11) is 0. The first-order valence-electron chi connectivity index (χ1n) is 29.5. The van der Waals surface area contributed by atoms with Crippen LogP contribution in [0.4, 0.5) is 0 Å². The van der Waals surface area contributed by atoms with Gasteiger partial charge in [-0.25, -0.2) is 0 Å². The van der Waals surface area contributed by atoms with Gasteiger partial charge in [0.25, 0.3) is 0 Å². The van der Waals surface area contributed by atoms with Crippen molar-refractivity contribution in [2.45, 2.75) is 26.2 Å². The van der Waals surface area contributed by atoms with Crippen molar-refractivity contribution in [1.29, 1.82) is 21.0 Å². The number of benzene rings is 13. The van der Waals surface area contributed by atoms with Crippen molar-refractivity contribution in [3.05, 3.63) is 264 Å². The average Bonchev–Trinajstić information content (AvgIpc) is 1.71. The van der Waals surface area contributed by atoms with E-state index >= 15 is 0 Å². The van der Waals surface area contributed by atoms with Gasteiger partial charge in [0.15, 0.2) is 0 Å². The molecule has 0 amide bonds. The van der Waals surface area contributed by atoms with Crippen LogP contribution in [0.15, 0.2) is 237 Å². The predicted molar refractivity (Wildman–Crippen MR) is 359 cm³/mol. The molecule has 4 heterocycles. The molecule has 88 heavy (non-hydrogen) atoms. The molecule has 0 radical (unpaired) electrons. The Bertz CT molecular complexity index is 6010. The van der Waals surface area contributed by atoms with E-state index in [0.29, 0.717) is 45.0 Å². The standard InChI is InChI=1S/C80H48N8/c1-80(2,3)52-29-35-69-60(42-52)77-55-30-24-49(40-51(55)28-34-74(77)87(69)72-38-36-70(61(43-81)63(72)45-83)85-65-21-11-8-18-56(65)57-19-9-12-22-66(57)85)50-27-31-68-59(41-50)58-20-10-13-23-67(58)86(68)71-37-39-73(64(46-84)62(71)44-82)88-75-32-25-47-14-4-6-16-53(47)78(75)79-54-17-7-5-15-48(54)26-33-76(79)88/h4-42H,1-3H3. The van der Waals surface area contributed by atoms with Gasteiger partial charge in [-0.1, -0.05) is 166 Å². The van der Waals surface area contributed by atoms with Crippen LogP contribution in [-0.2, 0) is 5.41 Å². The van der Waals surface area contributed by atoms with Crippen LogP contribution in [0.3, 0.4) is 0 Å². The molecule has 0 aliphatic rings. The Labute approximate surface area is 504 Å². The molecular weight excluding hydrogens is 1070 g/mol. The van der Waals surface area contributed by atoms with Crippen molar-refractivity contribution >= 4 is 120 Å². The summed E-state index contributed by atoms with van der Waals surface area (Å²) in [5.41, 5.74) is 14.5. The number of hydrogen-bond donors (Lipinski definition) is 0. The Kier molecular flexibility index (Phi) is 10.7. The first kappa shape index (κ1) is 50.3. The van der Waals surface area contributed by atoms with Crippen LogP contribution < -0.4 is 0 Å². The maximum atomic E-state index is 11.3. The minimum atomic E-state index is -0.144. The average molecular weight is 1120 g/mol. The highest BCUT2D eigenvalue weighted by Crippen LogP contribution is 2.46. The molecule has 0 saturated heterocycles.